The maximum atomic E-state index is 12.2. The van der Waals surface area contributed by atoms with E-state index in [2.05, 4.69) is 31.4 Å². The Labute approximate surface area is 193 Å². The quantitative estimate of drug-likeness (QED) is 0.594. The molecule has 1 aliphatic heterocycles. The molecule has 0 bridgehead atoms. The first kappa shape index (κ1) is 24.1. The molecule has 2 aromatic rings. The standard InChI is InChI=1S/C25H30N2O6/c1-25(2,3)19-7-5-18(6-8-19)24(30)27-15-23(29)33-16-22(28)26-11-10-17-4-9-20-21(14-17)32-13-12-31-20/h4-9,14H,10-13,15-16H2,1-3H3,(H,26,28)(H,27,30). The molecule has 0 fully saturated rings. The lowest BCUT2D eigenvalue weighted by Gasteiger charge is -2.19. The molecule has 0 radical (unpaired) electrons. The highest BCUT2D eigenvalue weighted by Gasteiger charge is 2.15. The largest absolute Gasteiger partial charge is 0.486 e. The SMILES string of the molecule is CC(C)(C)c1ccc(C(=O)NCC(=O)OCC(=O)NCCc2ccc3c(c2)OCCO3)cc1. The molecule has 0 unspecified atom stereocenters. The zero-order valence-corrected chi connectivity index (χ0v) is 19.2. The van der Waals surface area contributed by atoms with Crippen LogP contribution in [0.25, 0.3) is 0 Å². The van der Waals surface area contributed by atoms with Crippen LogP contribution in [0.2, 0.25) is 0 Å². The first-order valence-electron chi connectivity index (χ1n) is 10.9. The van der Waals surface area contributed by atoms with Crippen molar-refractivity contribution in [3.63, 3.8) is 0 Å². The smallest absolute Gasteiger partial charge is 0.325 e. The summed E-state index contributed by atoms with van der Waals surface area (Å²) in [5.74, 6) is -0.0564. The second-order valence-corrected chi connectivity index (χ2v) is 8.75. The minimum Gasteiger partial charge on any atom is -0.486 e. The Morgan fingerprint density at radius 1 is 0.939 bits per heavy atom. The average molecular weight is 455 g/mol. The summed E-state index contributed by atoms with van der Waals surface area (Å²) in [6.07, 6.45) is 0.598. The molecule has 1 heterocycles. The van der Waals surface area contributed by atoms with Crippen LogP contribution in [0.3, 0.4) is 0 Å². The lowest BCUT2D eigenvalue weighted by Crippen LogP contribution is -2.34. The van der Waals surface area contributed by atoms with E-state index in [0.717, 1.165) is 16.9 Å². The summed E-state index contributed by atoms with van der Waals surface area (Å²) in [5.41, 5.74) is 2.55. The third kappa shape index (κ3) is 7.24. The van der Waals surface area contributed by atoms with Crippen LogP contribution in [0, 0.1) is 0 Å². The van der Waals surface area contributed by atoms with Crippen molar-refractivity contribution in [2.24, 2.45) is 0 Å². The zero-order valence-electron chi connectivity index (χ0n) is 19.2. The normalized spacial score (nSPS) is 12.6. The summed E-state index contributed by atoms with van der Waals surface area (Å²) in [7, 11) is 0. The highest BCUT2D eigenvalue weighted by molar-refractivity contribution is 5.96. The van der Waals surface area contributed by atoms with Gasteiger partial charge in [-0.1, -0.05) is 39.0 Å². The van der Waals surface area contributed by atoms with Crippen LogP contribution in [0.1, 0.15) is 42.3 Å². The molecule has 0 saturated carbocycles. The Morgan fingerprint density at radius 2 is 1.64 bits per heavy atom. The third-order valence-corrected chi connectivity index (χ3v) is 5.11. The van der Waals surface area contributed by atoms with Crippen molar-refractivity contribution in [2.45, 2.75) is 32.6 Å². The highest BCUT2D eigenvalue weighted by atomic mass is 16.6. The van der Waals surface area contributed by atoms with E-state index >= 15 is 0 Å². The fraction of sp³-hybridized carbons (Fsp3) is 0.400. The lowest BCUT2D eigenvalue weighted by molar-refractivity contribution is -0.147. The number of fused-ring (bicyclic) bond motifs is 1. The molecule has 176 valence electrons. The van der Waals surface area contributed by atoms with E-state index in [4.69, 9.17) is 14.2 Å². The summed E-state index contributed by atoms with van der Waals surface area (Å²) >= 11 is 0. The second kappa shape index (κ2) is 10.8. The topological polar surface area (TPSA) is 103 Å². The van der Waals surface area contributed by atoms with Crippen LogP contribution in [0.15, 0.2) is 42.5 Å². The number of rotatable bonds is 8. The van der Waals surface area contributed by atoms with Crippen molar-refractivity contribution >= 4 is 17.8 Å². The molecule has 2 amide bonds. The highest BCUT2D eigenvalue weighted by Crippen LogP contribution is 2.30. The summed E-state index contributed by atoms with van der Waals surface area (Å²) in [6.45, 7) is 6.99. The summed E-state index contributed by atoms with van der Waals surface area (Å²) in [4.78, 5) is 36.0. The number of hydrogen-bond acceptors (Lipinski definition) is 6. The molecule has 0 spiro atoms. The molecule has 2 aromatic carbocycles. The van der Waals surface area contributed by atoms with Crippen molar-refractivity contribution < 1.29 is 28.6 Å². The van der Waals surface area contributed by atoms with Gasteiger partial charge >= 0.3 is 5.97 Å². The maximum absolute atomic E-state index is 12.2. The van der Waals surface area contributed by atoms with Crippen LogP contribution in [0.5, 0.6) is 11.5 Å². The van der Waals surface area contributed by atoms with Gasteiger partial charge in [0.25, 0.3) is 11.8 Å². The Bertz CT molecular complexity index is 995. The van der Waals surface area contributed by atoms with Crippen LogP contribution in [-0.4, -0.2) is 50.7 Å². The van der Waals surface area contributed by atoms with E-state index in [9.17, 15) is 14.4 Å². The van der Waals surface area contributed by atoms with Crippen LogP contribution in [-0.2, 0) is 26.2 Å². The number of carbonyl (C=O) groups excluding carboxylic acids is 3. The Balaban J connectivity index is 1.33. The van der Waals surface area contributed by atoms with Crippen molar-refractivity contribution in [3.05, 3.63) is 59.2 Å². The van der Waals surface area contributed by atoms with Crippen molar-refractivity contribution in [1.82, 2.24) is 10.6 Å². The van der Waals surface area contributed by atoms with Crippen LogP contribution < -0.4 is 20.1 Å². The molecular weight excluding hydrogens is 424 g/mol. The molecule has 0 aromatic heterocycles. The molecule has 2 N–H and O–H groups in total. The van der Waals surface area contributed by atoms with Crippen molar-refractivity contribution in [3.8, 4) is 11.5 Å². The molecule has 33 heavy (non-hydrogen) atoms. The summed E-state index contributed by atoms with van der Waals surface area (Å²) in [5, 5.41) is 5.20. The predicted octanol–water partition coefficient (Wildman–Crippen LogP) is 2.39. The molecule has 0 atom stereocenters. The van der Waals surface area contributed by atoms with Crippen LogP contribution in [0.4, 0.5) is 0 Å². The average Bonchev–Trinajstić information content (AvgIpc) is 2.80. The van der Waals surface area contributed by atoms with E-state index in [1.165, 1.54) is 0 Å². The number of amides is 2. The van der Waals surface area contributed by atoms with Gasteiger partial charge in [0.2, 0.25) is 0 Å². The molecule has 0 saturated heterocycles. The van der Waals surface area contributed by atoms with Gasteiger partial charge in [-0.3, -0.25) is 14.4 Å². The number of carbonyl (C=O) groups is 3. The first-order chi connectivity index (χ1) is 15.7. The molecule has 1 aliphatic rings. The maximum Gasteiger partial charge on any atom is 0.325 e. The van der Waals surface area contributed by atoms with E-state index in [1.807, 2.05) is 30.3 Å². The lowest BCUT2D eigenvalue weighted by atomic mass is 9.87. The number of esters is 1. The van der Waals surface area contributed by atoms with E-state index in [-0.39, 0.29) is 17.9 Å². The second-order valence-electron chi connectivity index (χ2n) is 8.75. The molecule has 8 nitrogen and oxygen atoms in total. The van der Waals surface area contributed by atoms with Crippen molar-refractivity contribution in [2.75, 3.05) is 32.9 Å². The van der Waals surface area contributed by atoms with E-state index in [1.54, 1.807) is 12.1 Å². The zero-order chi connectivity index (χ0) is 23.8. The molecular formula is C25H30N2O6. The van der Waals surface area contributed by atoms with Gasteiger partial charge in [0.15, 0.2) is 18.1 Å². The number of hydrogen-bond donors (Lipinski definition) is 2. The van der Waals surface area contributed by atoms with Gasteiger partial charge in [-0.25, -0.2) is 0 Å². The van der Waals surface area contributed by atoms with Gasteiger partial charge in [0.05, 0.1) is 0 Å². The summed E-state index contributed by atoms with van der Waals surface area (Å²) < 4.78 is 16.0. The minimum absolute atomic E-state index is 0.0106. The van der Waals surface area contributed by atoms with E-state index < -0.39 is 18.5 Å². The van der Waals surface area contributed by atoms with Crippen molar-refractivity contribution in [1.29, 1.82) is 0 Å². The Hall–Kier alpha value is -3.55. The van der Waals surface area contributed by atoms with Gasteiger partial charge in [-0.05, 0) is 47.2 Å². The fourth-order valence-corrected chi connectivity index (χ4v) is 3.21. The van der Waals surface area contributed by atoms with Crippen LogP contribution >= 0.6 is 0 Å². The fourth-order valence-electron chi connectivity index (χ4n) is 3.21. The third-order valence-electron chi connectivity index (χ3n) is 5.11. The minimum atomic E-state index is -0.684. The van der Waals surface area contributed by atoms with Gasteiger partial charge in [0, 0.05) is 12.1 Å². The Morgan fingerprint density at radius 3 is 2.33 bits per heavy atom. The monoisotopic (exact) mass is 454 g/mol. The van der Waals surface area contributed by atoms with Gasteiger partial charge in [0.1, 0.15) is 19.8 Å². The summed E-state index contributed by atoms with van der Waals surface area (Å²) in [6, 6.07) is 12.9. The predicted molar refractivity (Wildman–Crippen MR) is 123 cm³/mol. The number of ether oxygens (including phenoxy) is 3. The number of nitrogens with one attached hydrogen (secondary N) is 2. The molecule has 8 heteroatoms. The first-order valence-corrected chi connectivity index (χ1v) is 10.9. The molecule has 3 rings (SSSR count). The van der Waals surface area contributed by atoms with E-state index in [0.29, 0.717) is 37.5 Å². The number of benzene rings is 2. The van der Waals surface area contributed by atoms with Gasteiger partial charge in [-0.2, -0.15) is 0 Å². The molecule has 0 aliphatic carbocycles. The van der Waals surface area contributed by atoms with Gasteiger partial charge < -0.3 is 24.8 Å². The Kier molecular flexibility index (Phi) is 7.92. The van der Waals surface area contributed by atoms with Gasteiger partial charge in [-0.15, -0.1) is 0 Å².